The fraction of sp³-hybridized carbons (Fsp3) is 0.900. The van der Waals surface area contributed by atoms with Crippen molar-refractivity contribution in [1.82, 2.24) is 20.0 Å². The number of carbonyl (C=O) groups is 1. The number of ether oxygens (including phenoxy) is 1. The summed E-state index contributed by atoms with van der Waals surface area (Å²) in [5.74, 6) is 1.86. The summed E-state index contributed by atoms with van der Waals surface area (Å²) in [5.41, 5.74) is -0.449. The second kappa shape index (κ2) is 9.82. The predicted molar refractivity (Wildman–Crippen MR) is 123 cm³/mol. The van der Waals surface area contributed by atoms with Crippen LogP contribution in [-0.2, 0) is 4.74 Å². The number of hydrogen-bond donors (Lipinski definition) is 1. The molecule has 0 saturated carbocycles. The van der Waals surface area contributed by atoms with Gasteiger partial charge in [-0.05, 0) is 59.5 Å². The van der Waals surface area contributed by atoms with Crippen molar-refractivity contribution in [1.29, 1.82) is 0 Å². The van der Waals surface area contributed by atoms with E-state index in [1.54, 1.807) is 0 Å². The highest BCUT2D eigenvalue weighted by atomic mass is 127. The molecule has 0 aromatic carbocycles. The third-order valence-electron chi connectivity index (χ3n) is 5.86. The average Bonchev–Trinajstić information content (AvgIpc) is 3.01. The maximum absolute atomic E-state index is 12.3. The topological polar surface area (TPSA) is 60.4 Å². The minimum Gasteiger partial charge on any atom is -0.444 e. The number of amides is 1. The molecule has 0 aliphatic carbocycles. The number of carbonyl (C=O) groups excluding carboxylic acids is 1. The highest BCUT2D eigenvalue weighted by Crippen LogP contribution is 2.20. The van der Waals surface area contributed by atoms with E-state index in [4.69, 9.17) is 9.73 Å². The van der Waals surface area contributed by atoms with Crippen molar-refractivity contribution in [2.24, 2.45) is 10.9 Å². The van der Waals surface area contributed by atoms with Crippen LogP contribution in [0.3, 0.4) is 0 Å². The summed E-state index contributed by atoms with van der Waals surface area (Å²) in [5, 5.41) is 3.57. The first-order valence-electron chi connectivity index (χ1n) is 10.5. The lowest BCUT2D eigenvalue weighted by Gasteiger charge is -2.40. The van der Waals surface area contributed by atoms with E-state index in [0.29, 0.717) is 19.1 Å². The molecule has 1 amide bonds. The molecule has 162 valence electrons. The van der Waals surface area contributed by atoms with Gasteiger partial charge in [-0.25, -0.2) is 4.79 Å². The summed E-state index contributed by atoms with van der Waals surface area (Å²) in [4.78, 5) is 23.8. The fourth-order valence-electron chi connectivity index (χ4n) is 4.06. The SMILES string of the molecule is CC1CCN(C(C)CNC2=NCC3CN(C(=O)OC(C)(C)C)CCN23)CC1.I. The van der Waals surface area contributed by atoms with E-state index in [1.165, 1.54) is 25.9 Å². The van der Waals surface area contributed by atoms with E-state index >= 15 is 0 Å². The van der Waals surface area contributed by atoms with Gasteiger partial charge in [0.2, 0.25) is 0 Å². The van der Waals surface area contributed by atoms with Crippen LogP contribution >= 0.6 is 24.0 Å². The van der Waals surface area contributed by atoms with E-state index in [-0.39, 0.29) is 36.1 Å². The van der Waals surface area contributed by atoms with Gasteiger partial charge in [-0.1, -0.05) is 6.92 Å². The number of likely N-dealkylation sites (tertiary alicyclic amines) is 1. The molecule has 0 radical (unpaired) electrons. The largest absolute Gasteiger partial charge is 0.444 e. The summed E-state index contributed by atoms with van der Waals surface area (Å²) < 4.78 is 5.52. The summed E-state index contributed by atoms with van der Waals surface area (Å²) in [6.45, 7) is 16.6. The molecule has 28 heavy (non-hydrogen) atoms. The third-order valence-corrected chi connectivity index (χ3v) is 5.86. The molecule has 3 heterocycles. The van der Waals surface area contributed by atoms with E-state index in [2.05, 4.69) is 29.0 Å². The maximum atomic E-state index is 12.3. The van der Waals surface area contributed by atoms with Crippen molar-refractivity contribution in [3.63, 3.8) is 0 Å². The van der Waals surface area contributed by atoms with Gasteiger partial charge in [0.15, 0.2) is 5.96 Å². The Bertz CT molecular complexity index is 557. The number of rotatable bonds is 3. The van der Waals surface area contributed by atoms with E-state index < -0.39 is 5.60 Å². The van der Waals surface area contributed by atoms with Crippen molar-refractivity contribution in [2.45, 2.75) is 65.1 Å². The summed E-state index contributed by atoms with van der Waals surface area (Å²) in [6, 6.07) is 0.780. The number of nitrogens with zero attached hydrogens (tertiary/aromatic N) is 4. The normalized spacial score (nSPS) is 24.9. The number of guanidine groups is 1. The van der Waals surface area contributed by atoms with Crippen molar-refractivity contribution in [3.05, 3.63) is 0 Å². The monoisotopic (exact) mass is 507 g/mol. The van der Waals surface area contributed by atoms with Gasteiger partial charge in [-0.3, -0.25) is 9.89 Å². The van der Waals surface area contributed by atoms with Crippen LogP contribution in [0, 0.1) is 5.92 Å². The first-order valence-corrected chi connectivity index (χ1v) is 10.5. The van der Waals surface area contributed by atoms with Gasteiger partial charge in [0.05, 0.1) is 12.6 Å². The van der Waals surface area contributed by atoms with E-state index in [9.17, 15) is 4.79 Å². The van der Waals surface area contributed by atoms with Gasteiger partial charge in [0, 0.05) is 32.2 Å². The molecule has 7 nitrogen and oxygen atoms in total. The molecule has 2 atom stereocenters. The van der Waals surface area contributed by atoms with Crippen molar-refractivity contribution >= 4 is 36.0 Å². The van der Waals surface area contributed by atoms with Crippen molar-refractivity contribution in [3.8, 4) is 0 Å². The molecule has 0 aromatic rings. The van der Waals surface area contributed by atoms with Gasteiger partial charge in [-0.2, -0.15) is 0 Å². The zero-order valence-electron chi connectivity index (χ0n) is 18.1. The lowest BCUT2D eigenvalue weighted by atomic mass is 9.98. The van der Waals surface area contributed by atoms with Crippen LogP contribution < -0.4 is 5.32 Å². The van der Waals surface area contributed by atoms with Crippen LogP contribution in [0.15, 0.2) is 4.99 Å². The lowest BCUT2D eigenvalue weighted by Crippen LogP contribution is -2.58. The number of hydrogen-bond acceptors (Lipinski definition) is 6. The van der Waals surface area contributed by atoms with E-state index in [0.717, 1.165) is 31.5 Å². The van der Waals surface area contributed by atoms with Crippen LogP contribution in [-0.4, -0.2) is 90.3 Å². The van der Waals surface area contributed by atoms with Gasteiger partial charge in [0.1, 0.15) is 5.60 Å². The van der Waals surface area contributed by atoms with Crippen LogP contribution in [0.4, 0.5) is 4.79 Å². The molecule has 3 aliphatic heterocycles. The number of nitrogens with one attached hydrogen (secondary N) is 1. The van der Waals surface area contributed by atoms with E-state index in [1.807, 2.05) is 25.7 Å². The van der Waals surface area contributed by atoms with Gasteiger partial charge in [0.25, 0.3) is 0 Å². The van der Waals surface area contributed by atoms with Crippen LogP contribution in [0.1, 0.15) is 47.5 Å². The maximum Gasteiger partial charge on any atom is 0.410 e. The second-order valence-electron chi connectivity index (χ2n) is 9.39. The van der Waals surface area contributed by atoms with Gasteiger partial charge < -0.3 is 19.9 Å². The lowest BCUT2D eigenvalue weighted by molar-refractivity contribution is 0.0137. The number of halogens is 1. The quantitative estimate of drug-likeness (QED) is 0.596. The summed E-state index contributed by atoms with van der Waals surface area (Å²) in [6.07, 6.45) is 2.40. The molecular weight excluding hydrogens is 469 g/mol. The molecule has 2 unspecified atom stereocenters. The first-order chi connectivity index (χ1) is 12.7. The van der Waals surface area contributed by atoms with Crippen LogP contribution in [0.25, 0.3) is 0 Å². The average molecular weight is 507 g/mol. The molecule has 3 aliphatic rings. The Morgan fingerprint density at radius 2 is 1.93 bits per heavy atom. The van der Waals surface area contributed by atoms with Gasteiger partial charge >= 0.3 is 6.09 Å². The molecule has 0 spiro atoms. The zero-order chi connectivity index (χ0) is 19.6. The molecule has 0 aromatic heterocycles. The highest BCUT2D eigenvalue weighted by molar-refractivity contribution is 14.0. The Labute approximate surface area is 187 Å². The molecule has 2 saturated heterocycles. The Balaban J connectivity index is 0.00000280. The Kier molecular flexibility index (Phi) is 8.25. The molecular formula is C20H38IN5O2. The Hall–Kier alpha value is -0.770. The fourth-order valence-corrected chi connectivity index (χ4v) is 4.06. The van der Waals surface area contributed by atoms with Crippen molar-refractivity contribution in [2.75, 3.05) is 45.8 Å². The number of aliphatic imine (C=N–C) groups is 1. The molecule has 0 bridgehead atoms. The number of fused-ring (bicyclic) bond motifs is 1. The summed E-state index contributed by atoms with van der Waals surface area (Å²) in [7, 11) is 0. The first kappa shape index (κ1) is 23.5. The van der Waals surface area contributed by atoms with Crippen molar-refractivity contribution < 1.29 is 9.53 Å². The zero-order valence-corrected chi connectivity index (χ0v) is 20.4. The third kappa shape index (κ3) is 6.11. The van der Waals surface area contributed by atoms with Crippen LogP contribution in [0.2, 0.25) is 0 Å². The summed E-state index contributed by atoms with van der Waals surface area (Å²) >= 11 is 0. The molecule has 3 rings (SSSR count). The second-order valence-corrected chi connectivity index (χ2v) is 9.39. The number of piperidine rings is 1. The molecule has 1 N–H and O–H groups in total. The standard InChI is InChI=1S/C20H37N5O2.HI/c1-15-6-8-23(9-7-15)16(2)12-21-18-22-13-17-14-24(10-11-25(17)18)19(26)27-20(3,4)5;/h15-17H,6-14H2,1-5H3,(H,21,22);1H. The smallest absolute Gasteiger partial charge is 0.410 e. The minimum atomic E-state index is -0.449. The highest BCUT2D eigenvalue weighted by Gasteiger charge is 2.36. The molecule has 8 heteroatoms. The number of piperazine rings is 1. The molecule has 2 fully saturated rings. The minimum absolute atomic E-state index is 0. The van der Waals surface area contributed by atoms with Gasteiger partial charge in [-0.15, -0.1) is 24.0 Å². The van der Waals surface area contributed by atoms with Crippen LogP contribution in [0.5, 0.6) is 0 Å². The Morgan fingerprint density at radius 1 is 1.25 bits per heavy atom. The predicted octanol–water partition coefficient (Wildman–Crippen LogP) is 2.61. The Morgan fingerprint density at radius 3 is 2.57 bits per heavy atom.